The number of hydrogen-bond donors (Lipinski definition) is 2. The van der Waals surface area contributed by atoms with Gasteiger partial charge < -0.3 is 20.1 Å². The number of nitrogens with zero attached hydrogens (tertiary/aromatic N) is 6. The van der Waals surface area contributed by atoms with Crippen molar-refractivity contribution < 1.29 is 19.4 Å². The summed E-state index contributed by atoms with van der Waals surface area (Å²) in [7, 11) is 0. The third-order valence-corrected chi connectivity index (χ3v) is 7.51. The molecule has 2 N–H and O–H groups in total. The summed E-state index contributed by atoms with van der Waals surface area (Å²) in [5.74, 6) is -0.448. The molecule has 0 bridgehead atoms. The Kier molecular flexibility index (Phi) is 6.30. The Labute approximate surface area is 218 Å². The quantitative estimate of drug-likeness (QED) is 0.372. The summed E-state index contributed by atoms with van der Waals surface area (Å²) in [6.45, 7) is 4.19. The van der Waals surface area contributed by atoms with Crippen molar-refractivity contribution >= 4 is 22.8 Å². The molecule has 2 aliphatic rings. The molecular formula is C27H27N7O4. The minimum absolute atomic E-state index is 0.0340. The zero-order valence-electron chi connectivity index (χ0n) is 20.9. The summed E-state index contributed by atoms with van der Waals surface area (Å²) in [6, 6.07) is 10.9. The first-order valence-electron chi connectivity index (χ1n) is 12.6. The van der Waals surface area contributed by atoms with Gasteiger partial charge in [0, 0.05) is 48.4 Å². The number of carbonyl (C=O) groups is 2. The number of piperidine rings is 1. The lowest BCUT2D eigenvalue weighted by atomic mass is 9.94. The summed E-state index contributed by atoms with van der Waals surface area (Å²) >= 11 is 0. The molecule has 0 aliphatic carbocycles. The lowest BCUT2D eigenvalue weighted by Gasteiger charge is -2.34. The fourth-order valence-electron chi connectivity index (χ4n) is 5.41. The topological polar surface area (TPSA) is 135 Å². The van der Waals surface area contributed by atoms with Crippen molar-refractivity contribution in [2.75, 3.05) is 19.6 Å². The molecule has 11 nitrogen and oxygen atoms in total. The van der Waals surface area contributed by atoms with Crippen LogP contribution in [0.5, 0.6) is 0 Å². The number of ether oxygens (including phenoxy) is 1. The first-order chi connectivity index (χ1) is 18.5. The molecule has 4 aromatic rings. The normalized spacial score (nSPS) is 16.8. The van der Waals surface area contributed by atoms with Gasteiger partial charge in [-0.25, -0.2) is 4.79 Å². The van der Waals surface area contributed by atoms with Gasteiger partial charge in [0.15, 0.2) is 0 Å². The molecule has 2 aromatic heterocycles. The summed E-state index contributed by atoms with van der Waals surface area (Å²) in [6.07, 6.45) is 4.07. The summed E-state index contributed by atoms with van der Waals surface area (Å²) < 4.78 is 6.66. The highest BCUT2D eigenvalue weighted by Crippen LogP contribution is 2.30. The zero-order valence-corrected chi connectivity index (χ0v) is 20.9. The largest absolute Gasteiger partial charge is 0.457 e. The average molecular weight is 514 g/mol. The van der Waals surface area contributed by atoms with E-state index in [9.17, 15) is 14.7 Å². The molecule has 0 saturated carbocycles. The number of amides is 1. The highest BCUT2D eigenvalue weighted by molar-refractivity contribution is 6.08. The van der Waals surface area contributed by atoms with Crippen LogP contribution in [0.2, 0.25) is 0 Å². The van der Waals surface area contributed by atoms with E-state index in [0.29, 0.717) is 28.9 Å². The maximum atomic E-state index is 13.2. The number of benzene rings is 2. The second kappa shape index (κ2) is 9.92. The highest BCUT2D eigenvalue weighted by Gasteiger charge is 2.28. The van der Waals surface area contributed by atoms with E-state index in [4.69, 9.17) is 4.74 Å². The third kappa shape index (κ3) is 4.39. The Bertz CT molecular complexity index is 1510. The molecule has 1 amide bonds. The van der Waals surface area contributed by atoms with Gasteiger partial charge in [-0.2, -0.15) is 4.68 Å². The molecule has 2 aliphatic heterocycles. The molecule has 4 heterocycles. The summed E-state index contributed by atoms with van der Waals surface area (Å²) in [4.78, 5) is 31.7. The number of rotatable bonds is 6. The van der Waals surface area contributed by atoms with Crippen LogP contribution in [-0.2, 0) is 11.3 Å². The van der Waals surface area contributed by atoms with Crippen LogP contribution in [0.1, 0.15) is 56.4 Å². The molecule has 0 spiro atoms. The number of β-amino-alcohol motifs (C(OH)–C–C–N with tert-alkyl or cyclic N) is 1. The van der Waals surface area contributed by atoms with Crippen LogP contribution < -0.4 is 5.32 Å². The average Bonchev–Trinajstić information content (AvgIpc) is 3.60. The molecule has 6 rings (SSSR count). The van der Waals surface area contributed by atoms with Gasteiger partial charge in [0.1, 0.15) is 12.9 Å². The number of aliphatic hydroxyl groups is 1. The maximum Gasteiger partial charge on any atom is 0.338 e. The lowest BCUT2D eigenvalue weighted by molar-refractivity contribution is 0.0534. The number of carbonyl (C=O) groups excluding carboxylic acids is 2. The third-order valence-electron chi connectivity index (χ3n) is 7.51. The van der Waals surface area contributed by atoms with Gasteiger partial charge in [-0.15, -0.1) is 5.10 Å². The van der Waals surface area contributed by atoms with Crippen LogP contribution >= 0.6 is 0 Å². The Morgan fingerprint density at radius 2 is 2.05 bits per heavy atom. The van der Waals surface area contributed by atoms with Crippen LogP contribution in [0.4, 0.5) is 0 Å². The summed E-state index contributed by atoms with van der Waals surface area (Å²) in [5, 5.41) is 26.2. The van der Waals surface area contributed by atoms with E-state index in [2.05, 4.69) is 30.7 Å². The molecule has 1 saturated heterocycles. The Balaban J connectivity index is 1.09. The number of fused-ring (bicyclic) bond motifs is 2. The van der Waals surface area contributed by atoms with Crippen molar-refractivity contribution in [3.8, 4) is 5.69 Å². The number of likely N-dealkylation sites (tertiary alicyclic amines) is 1. The van der Waals surface area contributed by atoms with Crippen molar-refractivity contribution in [3.63, 3.8) is 0 Å². The van der Waals surface area contributed by atoms with Gasteiger partial charge in [-0.3, -0.25) is 9.78 Å². The smallest absolute Gasteiger partial charge is 0.338 e. The van der Waals surface area contributed by atoms with Crippen molar-refractivity contribution in [2.45, 2.75) is 38.5 Å². The Morgan fingerprint density at radius 3 is 2.84 bits per heavy atom. The van der Waals surface area contributed by atoms with E-state index in [1.807, 2.05) is 19.1 Å². The fourth-order valence-corrected chi connectivity index (χ4v) is 5.41. The molecule has 0 radical (unpaired) electrons. The number of aliphatic hydroxyl groups excluding tert-OH is 1. The van der Waals surface area contributed by atoms with E-state index < -0.39 is 6.10 Å². The zero-order chi connectivity index (χ0) is 26.2. The maximum absolute atomic E-state index is 13.2. The number of esters is 1. The van der Waals surface area contributed by atoms with Crippen LogP contribution in [0.15, 0.2) is 48.9 Å². The Hall–Kier alpha value is -4.22. The predicted molar refractivity (Wildman–Crippen MR) is 137 cm³/mol. The number of pyridine rings is 1. The van der Waals surface area contributed by atoms with E-state index in [0.717, 1.165) is 48.0 Å². The monoisotopic (exact) mass is 513 g/mol. The van der Waals surface area contributed by atoms with Gasteiger partial charge in [-0.1, -0.05) is 12.1 Å². The highest BCUT2D eigenvalue weighted by atomic mass is 16.5. The molecule has 194 valence electrons. The number of nitrogens with one attached hydrogen (secondary N) is 1. The van der Waals surface area contributed by atoms with Gasteiger partial charge in [0.2, 0.25) is 0 Å². The first-order valence-corrected chi connectivity index (χ1v) is 12.6. The molecule has 0 unspecified atom stereocenters. The van der Waals surface area contributed by atoms with E-state index >= 15 is 0 Å². The molecule has 2 aromatic carbocycles. The van der Waals surface area contributed by atoms with Gasteiger partial charge in [-0.05, 0) is 65.6 Å². The molecule has 38 heavy (non-hydrogen) atoms. The van der Waals surface area contributed by atoms with Gasteiger partial charge in [0.05, 0.1) is 22.9 Å². The van der Waals surface area contributed by atoms with Crippen LogP contribution in [0.25, 0.3) is 16.6 Å². The molecule has 1 fully saturated rings. The van der Waals surface area contributed by atoms with E-state index in [1.54, 1.807) is 30.5 Å². The number of tetrazole rings is 1. The minimum atomic E-state index is -0.667. The van der Waals surface area contributed by atoms with E-state index in [1.165, 1.54) is 11.0 Å². The van der Waals surface area contributed by atoms with Crippen molar-refractivity contribution in [3.05, 3.63) is 76.7 Å². The second-order valence-corrected chi connectivity index (χ2v) is 9.73. The fraction of sp³-hybridized carbons (Fsp3) is 0.333. The van der Waals surface area contributed by atoms with Gasteiger partial charge in [0.25, 0.3) is 5.91 Å². The predicted octanol–water partition coefficient (Wildman–Crippen LogP) is 2.12. The summed E-state index contributed by atoms with van der Waals surface area (Å²) in [5.41, 5.74) is 5.09. The van der Waals surface area contributed by atoms with Crippen LogP contribution in [0.3, 0.4) is 0 Å². The lowest BCUT2D eigenvalue weighted by Crippen LogP contribution is -2.45. The molecule has 11 heteroatoms. The van der Waals surface area contributed by atoms with Crippen molar-refractivity contribution in [2.24, 2.45) is 0 Å². The van der Waals surface area contributed by atoms with Crippen molar-refractivity contribution in [1.29, 1.82) is 0 Å². The van der Waals surface area contributed by atoms with Crippen LogP contribution in [-0.4, -0.2) is 72.8 Å². The number of hydrogen-bond acceptors (Lipinski definition) is 9. The molecular weight excluding hydrogens is 486 g/mol. The number of aromatic nitrogens is 5. The van der Waals surface area contributed by atoms with Crippen LogP contribution in [0, 0.1) is 6.92 Å². The second-order valence-electron chi connectivity index (χ2n) is 9.73. The first kappa shape index (κ1) is 24.1. The van der Waals surface area contributed by atoms with Crippen molar-refractivity contribution in [1.82, 2.24) is 35.4 Å². The molecule has 1 atom stereocenters. The van der Waals surface area contributed by atoms with Gasteiger partial charge >= 0.3 is 5.97 Å². The van der Waals surface area contributed by atoms with E-state index in [-0.39, 0.29) is 24.5 Å². The minimum Gasteiger partial charge on any atom is -0.457 e. The number of cyclic esters (lactones) is 1. The Morgan fingerprint density at radius 1 is 1.21 bits per heavy atom. The standard InChI is InChI=1S/C27H27N7O4/c1-16-18(4-5-21-22(16)14-38-27(21)37)24(35)13-33-11-8-17(9-12-33)30-26(36)20-6-7-23(34-15-29-31-32-34)25-19(20)3-2-10-28-25/h2-7,10,15,17,24,35H,8-9,11-14H2,1H3,(H,30,36)/t24-/m0/s1. The SMILES string of the molecule is Cc1c([C@@H](O)CN2CCC(NC(=O)c3ccc(-n4cnnn4)c4ncccc34)CC2)ccc2c1COC2=O.